The fraction of sp³-hybridized carbons (Fsp3) is 0.200. The maximum atomic E-state index is 12.2. The number of carbonyl (C=O) groups excluding carboxylic acids is 1. The molecule has 0 saturated carbocycles. The van der Waals surface area contributed by atoms with Crippen LogP contribution in [0.15, 0.2) is 42.6 Å². The van der Waals surface area contributed by atoms with Crippen LogP contribution < -0.4 is 14.8 Å². The van der Waals surface area contributed by atoms with E-state index in [2.05, 4.69) is 15.0 Å². The Bertz CT molecular complexity index is 789. The minimum atomic E-state index is -3.31. The summed E-state index contributed by atoms with van der Waals surface area (Å²) >= 11 is 0. The van der Waals surface area contributed by atoms with Crippen LogP contribution in [0.1, 0.15) is 16.1 Å². The maximum Gasteiger partial charge on any atom is 0.255 e. The van der Waals surface area contributed by atoms with E-state index in [9.17, 15) is 13.2 Å². The lowest BCUT2D eigenvalue weighted by Crippen LogP contribution is -2.22. The minimum Gasteiger partial charge on any atom is -0.497 e. The highest BCUT2D eigenvalue weighted by Gasteiger charge is 2.09. The third kappa shape index (κ3) is 5.35. The SMILES string of the molecule is COc1ccc(NC(=O)c2ccnc(CNS(C)(=O)=O)c2)cc1. The first kappa shape index (κ1) is 16.9. The zero-order chi connectivity index (χ0) is 16.9. The van der Waals surface area contributed by atoms with E-state index in [0.717, 1.165) is 6.26 Å². The second-order valence-electron chi connectivity index (χ2n) is 4.81. The standard InChI is InChI=1S/C15H17N3O4S/c1-22-14-5-3-12(4-6-14)18-15(19)11-7-8-16-13(9-11)10-17-23(2,20)21/h3-9,17H,10H2,1-2H3,(H,18,19). The van der Waals surface area contributed by atoms with Crippen molar-refractivity contribution in [2.45, 2.75) is 6.54 Å². The molecule has 1 aromatic carbocycles. The van der Waals surface area contributed by atoms with E-state index in [1.807, 2.05) is 0 Å². The fourth-order valence-corrected chi connectivity index (χ4v) is 2.21. The molecule has 2 N–H and O–H groups in total. The van der Waals surface area contributed by atoms with Gasteiger partial charge in [-0.3, -0.25) is 9.78 Å². The highest BCUT2D eigenvalue weighted by Crippen LogP contribution is 2.16. The van der Waals surface area contributed by atoms with Gasteiger partial charge in [-0.05, 0) is 36.4 Å². The molecule has 0 fully saturated rings. The Kier molecular flexibility index (Phi) is 5.30. The van der Waals surface area contributed by atoms with Crippen molar-refractivity contribution in [2.24, 2.45) is 0 Å². The Labute approximate surface area is 134 Å². The van der Waals surface area contributed by atoms with E-state index in [1.54, 1.807) is 37.4 Å². The van der Waals surface area contributed by atoms with Crippen molar-refractivity contribution in [3.8, 4) is 5.75 Å². The predicted octanol–water partition coefficient (Wildman–Crippen LogP) is 1.39. The lowest BCUT2D eigenvalue weighted by molar-refractivity contribution is 0.102. The van der Waals surface area contributed by atoms with Crippen molar-refractivity contribution in [1.29, 1.82) is 0 Å². The van der Waals surface area contributed by atoms with Crippen molar-refractivity contribution < 1.29 is 17.9 Å². The van der Waals surface area contributed by atoms with Gasteiger partial charge in [0.15, 0.2) is 0 Å². The van der Waals surface area contributed by atoms with Crippen molar-refractivity contribution in [3.63, 3.8) is 0 Å². The number of pyridine rings is 1. The van der Waals surface area contributed by atoms with Crippen LogP contribution in [0.25, 0.3) is 0 Å². The summed E-state index contributed by atoms with van der Waals surface area (Å²) in [5.41, 5.74) is 1.47. The van der Waals surface area contributed by atoms with E-state index in [4.69, 9.17) is 4.74 Å². The zero-order valence-electron chi connectivity index (χ0n) is 12.7. The number of hydrogen-bond acceptors (Lipinski definition) is 5. The molecule has 0 radical (unpaired) electrons. The molecule has 1 aromatic heterocycles. The predicted molar refractivity (Wildman–Crippen MR) is 86.9 cm³/mol. The molecule has 0 saturated heterocycles. The number of rotatable bonds is 6. The Morgan fingerprint density at radius 2 is 1.91 bits per heavy atom. The number of benzene rings is 1. The number of nitrogens with one attached hydrogen (secondary N) is 2. The summed E-state index contributed by atoms with van der Waals surface area (Å²) in [6.07, 6.45) is 2.52. The summed E-state index contributed by atoms with van der Waals surface area (Å²) in [5.74, 6) is 0.388. The Balaban J connectivity index is 2.06. The Morgan fingerprint density at radius 3 is 2.52 bits per heavy atom. The minimum absolute atomic E-state index is 0.0302. The van der Waals surface area contributed by atoms with Crippen LogP contribution in [0.2, 0.25) is 0 Å². The monoisotopic (exact) mass is 335 g/mol. The van der Waals surface area contributed by atoms with Gasteiger partial charge in [0.2, 0.25) is 10.0 Å². The van der Waals surface area contributed by atoms with Crippen molar-refractivity contribution >= 4 is 21.6 Å². The van der Waals surface area contributed by atoms with Crippen LogP contribution in [0.5, 0.6) is 5.75 Å². The molecular formula is C15H17N3O4S. The van der Waals surface area contributed by atoms with Gasteiger partial charge in [-0.1, -0.05) is 0 Å². The molecule has 2 rings (SSSR count). The summed E-state index contributed by atoms with van der Waals surface area (Å²) in [6.45, 7) is 0.0302. The van der Waals surface area contributed by atoms with Gasteiger partial charge in [0.05, 0.1) is 25.6 Å². The molecule has 0 aliphatic heterocycles. The quantitative estimate of drug-likeness (QED) is 0.831. The number of hydrogen-bond donors (Lipinski definition) is 2. The number of ether oxygens (including phenoxy) is 1. The molecule has 0 atom stereocenters. The van der Waals surface area contributed by atoms with E-state index >= 15 is 0 Å². The summed E-state index contributed by atoms with van der Waals surface area (Å²) in [5, 5.41) is 2.75. The van der Waals surface area contributed by atoms with Gasteiger partial charge in [0, 0.05) is 17.4 Å². The molecule has 0 aliphatic carbocycles. The molecule has 8 heteroatoms. The Morgan fingerprint density at radius 1 is 1.22 bits per heavy atom. The number of sulfonamides is 1. The van der Waals surface area contributed by atoms with Crippen LogP contribution in [0.4, 0.5) is 5.69 Å². The number of amides is 1. The highest BCUT2D eigenvalue weighted by atomic mass is 32.2. The topological polar surface area (TPSA) is 97.4 Å². The molecular weight excluding hydrogens is 318 g/mol. The molecule has 0 unspecified atom stereocenters. The van der Waals surface area contributed by atoms with Gasteiger partial charge >= 0.3 is 0 Å². The third-order valence-electron chi connectivity index (χ3n) is 2.94. The van der Waals surface area contributed by atoms with Crippen LogP contribution in [-0.4, -0.2) is 32.7 Å². The van der Waals surface area contributed by atoms with Crippen LogP contribution in [0.3, 0.4) is 0 Å². The van der Waals surface area contributed by atoms with Gasteiger partial charge in [-0.2, -0.15) is 0 Å². The molecule has 0 bridgehead atoms. The number of aromatic nitrogens is 1. The summed E-state index contributed by atoms with van der Waals surface area (Å²) < 4.78 is 29.6. The molecule has 0 spiro atoms. The largest absolute Gasteiger partial charge is 0.497 e. The van der Waals surface area contributed by atoms with Crippen LogP contribution in [0, 0.1) is 0 Å². The van der Waals surface area contributed by atoms with Gasteiger partial charge in [0.25, 0.3) is 5.91 Å². The lowest BCUT2D eigenvalue weighted by atomic mass is 10.2. The summed E-state index contributed by atoms with van der Waals surface area (Å²) in [7, 11) is -1.75. The van der Waals surface area contributed by atoms with E-state index in [-0.39, 0.29) is 12.5 Å². The molecule has 1 heterocycles. The number of anilines is 1. The first-order chi connectivity index (χ1) is 10.9. The van der Waals surface area contributed by atoms with Gasteiger partial charge in [-0.25, -0.2) is 13.1 Å². The number of nitrogens with zero attached hydrogens (tertiary/aromatic N) is 1. The normalized spacial score (nSPS) is 11.0. The van der Waals surface area contributed by atoms with E-state index in [1.165, 1.54) is 12.3 Å². The second-order valence-corrected chi connectivity index (χ2v) is 6.64. The second kappa shape index (κ2) is 7.21. The summed E-state index contributed by atoms with van der Waals surface area (Å²) in [6, 6.07) is 10.0. The molecule has 7 nitrogen and oxygen atoms in total. The zero-order valence-corrected chi connectivity index (χ0v) is 13.6. The van der Waals surface area contributed by atoms with Crippen molar-refractivity contribution in [3.05, 3.63) is 53.9 Å². The van der Waals surface area contributed by atoms with Crippen LogP contribution in [-0.2, 0) is 16.6 Å². The van der Waals surface area contributed by atoms with Gasteiger partial charge in [0.1, 0.15) is 5.75 Å². The molecule has 2 aromatic rings. The molecule has 23 heavy (non-hydrogen) atoms. The lowest BCUT2D eigenvalue weighted by Gasteiger charge is -2.08. The average Bonchev–Trinajstić information content (AvgIpc) is 2.53. The third-order valence-corrected chi connectivity index (χ3v) is 3.61. The highest BCUT2D eigenvalue weighted by molar-refractivity contribution is 7.88. The van der Waals surface area contributed by atoms with Gasteiger partial charge < -0.3 is 10.1 Å². The first-order valence-corrected chi connectivity index (χ1v) is 8.61. The van der Waals surface area contributed by atoms with Gasteiger partial charge in [-0.15, -0.1) is 0 Å². The number of carbonyl (C=O) groups is 1. The number of methoxy groups -OCH3 is 1. The maximum absolute atomic E-state index is 12.2. The molecule has 1 amide bonds. The first-order valence-electron chi connectivity index (χ1n) is 6.72. The average molecular weight is 335 g/mol. The van der Waals surface area contributed by atoms with Crippen molar-refractivity contribution in [1.82, 2.24) is 9.71 Å². The summed E-state index contributed by atoms with van der Waals surface area (Å²) in [4.78, 5) is 16.2. The van der Waals surface area contributed by atoms with E-state index in [0.29, 0.717) is 22.7 Å². The molecule has 0 aliphatic rings. The van der Waals surface area contributed by atoms with Crippen LogP contribution >= 0.6 is 0 Å². The van der Waals surface area contributed by atoms with Crippen molar-refractivity contribution in [2.75, 3.05) is 18.7 Å². The Hall–Kier alpha value is -2.45. The molecule has 122 valence electrons. The fourth-order valence-electron chi connectivity index (χ4n) is 1.80. The van der Waals surface area contributed by atoms with E-state index < -0.39 is 10.0 Å². The smallest absolute Gasteiger partial charge is 0.255 e.